The van der Waals surface area contributed by atoms with Gasteiger partial charge >= 0.3 is 6.18 Å². The lowest BCUT2D eigenvalue weighted by molar-refractivity contribution is -0.146. The first-order valence-electron chi connectivity index (χ1n) is 9.37. The Hall–Kier alpha value is -1.57. The normalized spacial score (nSPS) is 19.3. The SMILES string of the molecule is C=CCn1c([C@H](C)CC)nnc1N1CC[C@H](CN(CC)CC(F)(F)F)C1. The maximum atomic E-state index is 12.7. The Morgan fingerprint density at radius 1 is 1.35 bits per heavy atom. The van der Waals surface area contributed by atoms with Gasteiger partial charge in [0.1, 0.15) is 5.82 Å². The molecule has 5 nitrogen and oxygen atoms in total. The molecule has 0 aromatic carbocycles. The van der Waals surface area contributed by atoms with Crippen LogP contribution < -0.4 is 4.90 Å². The van der Waals surface area contributed by atoms with E-state index in [1.165, 1.54) is 4.90 Å². The van der Waals surface area contributed by atoms with Gasteiger partial charge in [0.05, 0.1) is 6.54 Å². The van der Waals surface area contributed by atoms with Gasteiger partial charge < -0.3 is 4.90 Å². The fourth-order valence-electron chi connectivity index (χ4n) is 3.48. The summed E-state index contributed by atoms with van der Waals surface area (Å²) in [5.41, 5.74) is 0. The number of aromatic nitrogens is 3. The zero-order valence-electron chi connectivity index (χ0n) is 16.0. The van der Waals surface area contributed by atoms with Crippen LogP contribution in [0.1, 0.15) is 45.4 Å². The third kappa shape index (κ3) is 5.22. The van der Waals surface area contributed by atoms with Gasteiger partial charge in [-0.25, -0.2) is 0 Å². The van der Waals surface area contributed by atoms with E-state index in [0.29, 0.717) is 32.1 Å². The molecule has 1 aromatic rings. The van der Waals surface area contributed by atoms with Crippen LogP contribution in [-0.2, 0) is 6.54 Å². The van der Waals surface area contributed by atoms with Crippen LogP contribution in [-0.4, -0.2) is 58.6 Å². The van der Waals surface area contributed by atoms with Gasteiger partial charge in [0.25, 0.3) is 0 Å². The van der Waals surface area contributed by atoms with Crippen molar-refractivity contribution in [2.75, 3.05) is 37.6 Å². The van der Waals surface area contributed by atoms with Gasteiger partial charge in [-0.2, -0.15) is 13.2 Å². The van der Waals surface area contributed by atoms with Crippen molar-refractivity contribution in [3.63, 3.8) is 0 Å². The van der Waals surface area contributed by atoms with Crippen LogP contribution in [0.4, 0.5) is 19.1 Å². The highest BCUT2D eigenvalue weighted by Gasteiger charge is 2.33. The molecule has 8 heteroatoms. The first-order valence-corrected chi connectivity index (χ1v) is 9.37. The smallest absolute Gasteiger partial charge is 0.341 e. The summed E-state index contributed by atoms with van der Waals surface area (Å²) >= 11 is 0. The van der Waals surface area contributed by atoms with Crippen LogP contribution in [0.15, 0.2) is 12.7 Å². The second-order valence-electron chi connectivity index (χ2n) is 7.11. The van der Waals surface area contributed by atoms with Crippen molar-refractivity contribution in [3.05, 3.63) is 18.5 Å². The topological polar surface area (TPSA) is 37.2 Å². The number of halogens is 3. The quantitative estimate of drug-likeness (QED) is 0.619. The summed E-state index contributed by atoms with van der Waals surface area (Å²) in [5, 5.41) is 8.74. The molecule has 0 bridgehead atoms. The molecule has 2 rings (SSSR count). The van der Waals surface area contributed by atoms with Gasteiger partial charge in [-0.05, 0) is 25.3 Å². The second kappa shape index (κ2) is 8.88. The number of allylic oxidation sites excluding steroid dienone is 1. The Morgan fingerprint density at radius 3 is 2.65 bits per heavy atom. The van der Waals surface area contributed by atoms with Crippen molar-refractivity contribution in [3.8, 4) is 0 Å². The lowest BCUT2D eigenvalue weighted by atomic mass is 10.1. The Bertz CT molecular complexity index is 584. The molecule has 1 aromatic heterocycles. The Labute approximate surface area is 153 Å². The highest BCUT2D eigenvalue weighted by atomic mass is 19.4. The predicted molar refractivity (Wildman–Crippen MR) is 97.4 cm³/mol. The Kier molecular flexibility index (Phi) is 7.08. The molecule has 2 atom stereocenters. The maximum absolute atomic E-state index is 12.7. The van der Waals surface area contributed by atoms with Crippen LogP contribution in [0.3, 0.4) is 0 Å². The van der Waals surface area contributed by atoms with E-state index < -0.39 is 12.7 Å². The highest BCUT2D eigenvalue weighted by molar-refractivity contribution is 5.34. The van der Waals surface area contributed by atoms with Crippen LogP contribution >= 0.6 is 0 Å². The number of hydrogen-bond donors (Lipinski definition) is 0. The van der Waals surface area contributed by atoms with E-state index in [-0.39, 0.29) is 5.92 Å². The van der Waals surface area contributed by atoms with Gasteiger partial charge in [-0.15, -0.1) is 16.8 Å². The number of anilines is 1. The summed E-state index contributed by atoms with van der Waals surface area (Å²) in [5.74, 6) is 2.26. The van der Waals surface area contributed by atoms with E-state index in [4.69, 9.17) is 0 Å². The molecule has 1 aliphatic heterocycles. The Morgan fingerprint density at radius 2 is 2.08 bits per heavy atom. The number of rotatable bonds is 9. The molecule has 1 aliphatic rings. The lowest BCUT2D eigenvalue weighted by Gasteiger charge is -2.25. The molecule has 0 saturated carbocycles. The molecule has 0 spiro atoms. The molecule has 1 saturated heterocycles. The minimum atomic E-state index is -4.15. The van der Waals surface area contributed by atoms with Gasteiger partial charge in [0.2, 0.25) is 5.95 Å². The lowest BCUT2D eigenvalue weighted by Crippen LogP contribution is -2.38. The molecule has 26 heavy (non-hydrogen) atoms. The van der Waals surface area contributed by atoms with Crippen molar-refractivity contribution in [1.29, 1.82) is 0 Å². The third-order valence-corrected chi connectivity index (χ3v) is 5.06. The fourth-order valence-corrected chi connectivity index (χ4v) is 3.48. The summed E-state index contributed by atoms with van der Waals surface area (Å²) in [6.45, 7) is 12.0. The molecule has 2 heterocycles. The number of alkyl halides is 3. The van der Waals surface area contributed by atoms with E-state index >= 15 is 0 Å². The first-order chi connectivity index (χ1) is 12.3. The summed E-state index contributed by atoms with van der Waals surface area (Å²) in [6, 6.07) is 0. The Balaban J connectivity index is 2.06. The number of nitrogens with zero attached hydrogens (tertiary/aromatic N) is 5. The van der Waals surface area contributed by atoms with E-state index in [1.807, 2.05) is 6.08 Å². The van der Waals surface area contributed by atoms with Crippen molar-refractivity contribution in [2.24, 2.45) is 5.92 Å². The van der Waals surface area contributed by atoms with Crippen LogP contribution in [0.25, 0.3) is 0 Å². The van der Waals surface area contributed by atoms with Crippen molar-refractivity contribution < 1.29 is 13.2 Å². The van der Waals surface area contributed by atoms with Crippen LogP contribution in [0, 0.1) is 5.92 Å². The van der Waals surface area contributed by atoms with Gasteiger partial charge in [-0.3, -0.25) is 9.47 Å². The predicted octanol–water partition coefficient (Wildman–Crippen LogP) is 3.69. The monoisotopic (exact) mass is 373 g/mol. The average Bonchev–Trinajstić information content (AvgIpc) is 3.19. The zero-order chi connectivity index (χ0) is 19.3. The van der Waals surface area contributed by atoms with Crippen molar-refractivity contribution in [1.82, 2.24) is 19.7 Å². The molecule has 0 radical (unpaired) electrons. The molecule has 0 N–H and O–H groups in total. The fraction of sp³-hybridized carbons (Fsp3) is 0.778. The molecular formula is C18H30F3N5. The second-order valence-corrected chi connectivity index (χ2v) is 7.11. The van der Waals surface area contributed by atoms with Crippen LogP contribution in [0.2, 0.25) is 0 Å². The highest BCUT2D eigenvalue weighted by Crippen LogP contribution is 2.27. The van der Waals surface area contributed by atoms with Gasteiger partial charge in [0, 0.05) is 32.1 Å². The van der Waals surface area contributed by atoms with Gasteiger partial charge in [-0.1, -0.05) is 26.8 Å². The van der Waals surface area contributed by atoms with Crippen molar-refractivity contribution >= 4 is 5.95 Å². The van der Waals surface area contributed by atoms with E-state index in [1.54, 1.807) is 6.92 Å². The van der Waals surface area contributed by atoms with Gasteiger partial charge in [0.15, 0.2) is 0 Å². The molecule has 148 valence electrons. The minimum absolute atomic E-state index is 0.207. The minimum Gasteiger partial charge on any atom is -0.341 e. The van der Waals surface area contributed by atoms with E-state index in [9.17, 15) is 13.2 Å². The average molecular weight is 373 g/mol. The zero-order valence-corrected chi connectivity index (χ0v) is 16.0. The van der Waals surface area contributed by atoms with E-state index in [2.05, 4.69) is 40.1 Å². The third-order valence-electron chi connectivity index (χ3n) is 5.06. The first kappa shape index (κ1) is 20.7. The molecule has 0 amide bonds. The van der Waals surface area contributed by atoms with E-state index in [0.717, 1.165) is 31.2 Å². The summed E-state index contributed by atoms with van der Waals surface area (Å²) < 4.78 is 40.1. The van der Waals surface area contributed by atoms with Crippen LogP contribution in [0.5, 0.6) is 0 Å². The summed E-state index contributed by atoms with van der Waals surface area (Å²) in [4.78, 5) is 3.63. The van der Waals surface area contributed by atoms with Crippen molar-refractivity contribution in [2.45, 2.75) is 52.3 Å². The largest absolute Gasteiger partial charge is 0.401 e. The number of hydrogen-bond acceptors (Lipinski definition) is 4. The molecular weight excluding hydrogens is 343 g/mol. The summed E-state index contributed by atoms with van der Waals surface area (Å²) in [7, 11) is 0. The molecule has 0 aliphatic carbocycles. The summed E-state index contributed by atoms with van der Waals surface area (Å²) in [6.07, 6.45) is -0.479. The maximum Gasteiger partial charge on any atom is 0.401 e. The standard InChI is InChI=1S/C18H30F3N5/c1-5-9-26-16(14(4)6-2)22-23-17(26)25-10-8-15(12-25)11-24(7-3)13-18(19,20)21/h5,14-15H,1,6-13H2,2-4H3/t14-,15-/m1/s1. The molecule has 1 fully saturated rings. The molecule has 0 unspecified atom stereocenters.